The number of fused-ring (bicyclic) bond motifs is 15. The molecule has 5 heterocycles. The summed E-state index contributed by atoms with van der Waals surface area (Å²) in [7, 11) is 0. The Bertz CT molecular complexity index is 7970. The molecule has 0 saturated carbocycles. The van der Waals surface area contributed by atoms with Crippen LogP contribution in [0.3, 0.4) is 0 Å². The van der Waals surface area contributed by atoms with Crippen molar-refractivity contribution in [1.82, 2.24) is 22.8 Å². The Kier molecular flexibility index (Phi) is 18.5. The van der Waals surface area contributed by atoms with Crippen molar-refractivity contribution in [1.29, 1.82) is 0 Å². The number of para-hydroxylation sites is 10. The van der Waals surface area contributed by atoms with Crippen molar-refractivity contribution in [2.45, 2.75) is 0 Å². The minimum atomic E-state index is 1.15. The Morgan fingerprint density at radius 2 is 0.191 bits per heavy atom. The van der Waals surface area contributed by atoms with Gasteiger partial charge in [-0.2, -0.15) is 0 Å². The van der Waals surface area contributed by atoms with E-state index in [1.54, 1.807) is 0 Å². The van der Waals surface area contributed by atoms with Crippen LogP contribution in [-0.4, -0.2) is 22.8 Å². The fourth-order valence-electron chi connectivity index (χ4n) is 20.5. The van der Waals surface area contributed by atoms with Gasteiger partial charge < -0.3 is 22.8 Å². The van der Waals surface area contributed by atoms with Gasteiger partial charge in [-0.3, -0.25) is 0 Å². The molecule has 0 N–H and O–H groups in total. The molecule has 26 aromatic rings. The summed E-state index contributed by atoms with van der Waals surface area (Å²) in [6, 6.07) is 184. The summed E-state index contributed by atoms with van der Waals surface area (Å²) in [4.78, 5) is 0. The molecule has 612 valence electrons. The van der Waals surface area contributed by atoms with Gasteiger partial charge in [0.2, 0.25) is 0 Å². The molecular weight excluding hydrogens is 1580 g/mol. The van der Waals surface area contributed by atoms with Gasteiger partial charge in [0, 0.05) is 82.3 Å². The molecule has 0 fully saturated rings. The Morgan fingerprint density at radius 3 is 0.336 bits per heavy atom. The first-order valence-electron chi connectivity index (χ1n) is 45.1. The van der Waals surface area contributed by atoms with Crippen molar-refractivity contribution >= 4 is 109 Å². The number of rotatable bonds is 14. The van der Waals surface area contributed by atoms with Crippen LogP contribution in [0.4, 0.5) is 0 Å². The molecule has 0 atom stereocenters. The van der Waals surface area contributed by atoms with Crippen LogP contribution in [0.5, 0.6) is 0 Å². The van der Waals surface area contributed by atoms with Crippen molar-refractivity contribution < 1.29 is 0 Å². The van der Waals surface area contributed by atoms with Gasteiger partial charge >= 0.3 is 0 Å². The summed E-state index contributed by atoms with van der Waals surface area (Å²) in [6.45, 7) is 0. The smallest absolute Gasteiger partial charge is 0.0541 e. The number of benzene rings is 21. The first-order valence-corrected chi connectivity index (χ1v) is 45.1. The topological polar surface area (TPSA) is 24.6 Å². The molecule has 0 aliphatic carbocycles. The van der Waals surface area contributed by atoms with Crippen LogP contribution in [0, 0.1) is 0 Å². The fourth-order valence-corrected chi connectivity index (χ4v) is 20.5. The normalized spacial score (nSPS) is 11.7. The van der Waals surface area contributed by atoms with Gasteiger partial charge in [-0.15, -0.1) is 0 Å². The van der Waals surface area contributed by atoms with Crippen LogP contribution in [0.1, 0.15) is 0 Å². The van der Waals surface area contributed by atoms with Crippen LogP contribution in [0.15, 0.2) is 504 Å². The molecule has 0 spiro atoms. The molecule has 0 aliphatic heterocycles. The number of hydrogen-bond acceptors (Lipinski definition) is 0. The van der Waals surface area contributed by atoms with Gasteiger partial charge in [0.25, 0.3) is 0 Å². The monoisotopic (exact) mass is 1670 g/mol. The van der Waals surface area contributed by atoms with Crippen LogP contribution in [-0.2, 0) is 0 Å². The predicted molar refractivity (Wildman–Crippen MR) is 554 cm³/mol. The van der Waals surface area contributed by atoms with E-state index in [1.165, 1.54) is 209 Å². The molecule has 0 saturated heterocycles. The molecule has 0 radical (unpaired) electrons. The van der Waals surface area contributed by atoms with E-state index in [-0.39, 0.29) is 0 Å². The van der Waals surface area contributed by atoms with Crippen molar-refractivity contribution in [3.63, 3.8) is 0 Å². The van der Waals surface area contributed by atoms with E-state index < -0.39 is 0 Å². The lowest BCUT2D eigenvalue weighted by atomic mass is 9.91. The fraction of sp³-hybridized carbons (Fsp3) is 0. The van der Waals surface area contributed by atoms with Crippen LogP contribution in [0.25, 0.3) is 238 Å². The standard InChI is InChI=1S/C66H44N2.C60H39N3/c1-2-12-45(13-3-1)46-22-28-51(29-23-46)54-42-55(52-30-24-47(25-31-52)49-34-38-57(39-35-49)67-63-18-8-4-14-59(63)60-15-5-9-19-64(60)67)44-56(43-54)53-32-26-48(27-33-53)50-36-40-58(41-37-50)68-65-20-10-6-16-61(65)62-17-7-11-21-66(62)68;1-7-19-55-49(13-1)50-14-2-8-20-56(50)61(55)46-31-25-40(26-32-46)43-37-44(41-27-33-47(34-28-41)62-57-21-9-3-15-51(57)52-16-4-10-22-58(52)62)39-45(38-43)42-29-35-48(36-30-42)63-59-23-11-5-17-53(59)54-18-6-12-24-60(54)63/h1-44H;1-39H. The van der Waals surface area contributed by atoms with Crippen molar-refractivity contribution in [3.05, 3.63) is 504 Å². The second-order valence-corrected chi connectivity index (χ2v) is 34.3. The Hall–Kier alpha value is -17.4. The summed E-state index contributed by atoms with van der Waals surface area (Å²) < 4.78 is 11.9. The summed E-state index contributed by atoms with van der Waals surface area (Å²) >= 11 is 0. The zero-order chi connectivity index (χ0) is 86.4. The average Bonchev–Trinajstić information content (AvgIpc) is 1.61. The molecule has 131 heavy (non-hydrogen) atoms. The van der Waals surface area contributed by atoms with Gasteiger partial charge in [-0.05, 0) is 258 Å². The lowest BCUT2D eigenvalue weighted by molar-refractivity contribution is 1.18. The SMILES string of the molecule is c1ccc(-c2ccc(-c3cc(-c4ccc(-c5ccc(-n6c7ccccc7c7ccccc76)cc5)cc4)cc(-c4ccc(-c5ccc(-n6c7ccccc7c7ccccc76)cc5)cc4)c3)cc2)cc1.c1ccc2c(c1)c1ccccc1n2-c1ccc(-c2cc(-c3ccc(-n4c5ccccc5c5ccccc54)cc3)cc(-c3ccc(-n4c5ccccc5c5ccccc54)cc3)c2)cc1. The van der Waals surface area contributed by atoms with E-state index in [4.69, 9.17) is 0 Å². The minimum Gasteiger partial charge on any atom is -0.309 e. The minimum absolute atomic E-state index is 1.15. The van der Waals surface area contributed by atoms with Crippen LogP contribution < -0.4 is 0 Å². The van der Waals surface area contributed by atoms with Gasteiger partial charge in [0.05, 0.1) is 55.2 Å². The molecule has 21 aromatic carbocycles. The highest BCUT2D eigenvalue weighted by atomic mass is 15.0. The lowest BCUT2D eigenvalue weighted by Crippen LogP contribution is -1.95. The summed E-state index contributed by atoms with van der Waals surface area (Å²) in [6.07, 6.45) is 0. The Balaban J connectivity index is 0.000000141. The van der Waals surface area contributed by atoms with Gasteiger partial charge in [-0.25, -0.2) is 0 Å². The van der Waals surface area contributed by atoms with Gasteiger partial charge in [0.15, 0.2) is 0 Å². The lowest BCUT2D eigenvalue weighted by Gasteiger charge is -2.14. The van der Waals surface area contributed by atoms with Crippen molar-refractivity contribution in [2.24, 2.45) is 0 Å². The second kappa shape index (κ2) is 31.9. The van der Waals surface area contributed by atoms with E-state index >= 15 is 0 Å². The summed E-state index contributed by atoms with van der Waals surface area (Å²) in [5.41, 5.74) is 39.2. The van der Waals surface area contributed by atoms with E-state index in [2.05, 4.69) is 526 Å². The first-order chi connectivity index (χ1) is 64.9. The highest BCUT2D eigenvalue weighted by Gasteiger charge is 2.21. The highest BCUT2D eigenvalue weighted by molar-refractivity contribution is 6.14. The molecule has 5 aromatic heterocycles. The molecule has 0 unspecified atom stereocenters. The van der Waals surface area contributed by atoms with Crippen molar-refractivity contribution in [3.8, 4) is 129 Å². The predicted octanol–water partition coefficient (Wildman–Crippen LogP) is 33.9. The molecule has 0 aliphatic rings. The third-order valence-electron chi connectivity index (χ3n) is 26.8. The first kappa shape index (κ1) is 76.1. The van der Waals surface area contributed by atoms with E-state index in [1.807, 2.05) is 0 Å². The number of aromatic nitrogens is 5. The van der Waals surface area contributed by atoms with Crippen LogP contribution >= 0.6 is 0 Å². The van der Waals surface area contributed by atoms with E-state index in [0.29, 0.717) is 0 Å². The summed E-state index contributed by atoms with van der Waals surface area (Å²) in [5.74, 6) is 0. The van der Waals surface area contributed by atoms with Crippen molar-refractivity contribution in [2.75, 3.05) is 0 Å². The summed E-state index contributed by atoms with van der Waals surface area (Å²) in [5, 5.41) is 12.7. The Morgan fingerprint density at radius 1 is 0.0840 bits per heavy atom. The average molecular weight is 1670 g/mol. The maximum Gasteiger partial charge on any atom is 0.0541 e. The third kappa shape index (κ3) is 13.4. The van der Waals surface area contributed by atoms with Crippen LogP contribution in [0.2, 0.25) is 0 Å². The van der Waals surface area contributed by atoms with Gasteiger partial charge in [-0.1, -0.05) is 346 Å². The zero-order valence-corrected chi connectivity index (χ0v) is 71.7. The number of nitrogens with zero attached hydrogens (tertiary/aromatic N) is 5. The molecule has 0 bridgehead atoms. The largest absolute Gasteiger partial charge is 0.309 e. The molecule has 26 rings (SSSR count). The maximum absolute atomic E-state index is 2.38. The van der Waals surface area contributed by atoms with E-state index in [0.717, 1.165) is 28.4 Å². The Labute approximate surface area is 758 Å². The van der Waals surface area contributed by atoms with Gasteiger partial charge in [0.1, 0.15) is 0 Å². The highest BCUT2D eigenvalue weighted by Crippen LogP contribution is 2.44. The molecule has 5 heteroatoms. The number of hydrogen-bond donors (Lipinski definition) is 0. The maximum atomic E-state index is 2.38. The molecular formula is C126H83N5. The van der Waals surface area contributed by atoms with E-state index in [9.17, 15) is 0 Å². The third-order valence-corrected chi connectivity index (χ3v) is 26.8. The molecule has 5 nitrogen and oxygen atoms in total. The second-order valence-electron chi connectivity index (χ2n) is 34.3. The molecule has 0 amide bonds. The quantitative estimate of drug-likeness (QED) is 0.104. The zero-order valence-electron chi connectivity index (χ0n) is 71.7.